The zero-order valence-corrected chi connectivity index (χ0v) is 13.2. The van der Waals surface area contributed by atoms with Crippen LogP contribution >= 0.6 is 23.2 Å². The minimum absolute atomic E-state index is 0.167. The Kier molecular flexibility index (Phi) is 4.18. The number of aromatic nitrogens is 2. The fraction of sp³-hybridized carbons (Fsp3) is 0. The first-order valence-electron chi connectivity index (χ1n) is 6.58. The molecule has 0 saturated carbocycles. The van der Waals surface area contributed by atoms with E-state index >= 15 is 0 Å². The largest absolute Gasteiger partial charge is 0.399 e. The van der Waals surface area contributed by atoms with E-state index in [1.54, 1.807) is 42.5 Å². The second-order valence-electron chi connectivity index (χ2n) is 4.72. The van der Waals surface area contributed by atoms with Crippen LogP contribution in [0.5, 0.6) is 0 Å². The van der Waals surface area contributed by atoms with Crippen molar-refractivity contribution in [3.8, 4) is 11.3 Å². The van der Waals surface area contributed by atoms with E-state index in [2.05, 4.69) is 20.4 Å². The number of nitrogens with zero attached hydrogens (tertiary/aromatic N) is 2. The molecule has 1 aromatic heterocycles. The second-order valence-corrected chi connectivity index (χ2v) is 5.54. The normalized spacial score (nSPS) is 11.2. The molecule has 0 saturated heterocycles. The number of aromatic amines is 2. The van der Waals surface area contributed by atoms with Gasteiger partial charge in [0.25, 0.3) is 5.56 Å². The van der Waals surface area contributed by atoms with Crippen molar-refractivity contribution in [3.05, 3.63) is 62.9 Å². The minimum Gasteiger partial charge on any atom is -0.399 e. The van der Waals surface area contributed by atoms with E-state index in [-0.39, 0.29) is 11.2 Å². The summed E-state index contributed by atoms with van der Waals surface area (Å²) < 4.78 is 0. The van der Waals surface area contributed by atoms with Gasteiger partial charge in [0.1, 0.15) is 0 Å². The number of azo groups is 1. The van der Waals surface area contributed by atoms with Crippen LogP contribution in [0.3, 0.4) is 0 Å². The van der Waals surface area contributed by atoms with Gasteiger partial charge < -0.3 is 5.73 Å². The lowest BCUT2D eigenvalue weighted by atomic mass is 10.1. The molecule has 3 aromatic rings. The number of nitrogen functional groups attached to an aromatic ring is 1. The average Bonchev–Trinajstić information content (AvgIpc) is 2.90. The molecule has 0 spiro atoms. The first-order chi connectivity index (χ1) is 11.0. The van der Waals surface area contributed by atoms with Gasteiger partial charge in [0.2, 0.25) is 0 Å². The van der Waals surface area contributed by atoms with E-state index in [4.69, 9.17) is 28.9 Å². The number of hydrogen-bond donors (Lipinski definition) is 3. The van der Waals surface area contributed by atoms with Crippen molar-refractivity contribution in [1.29, 1.82) is 0 Å². The molecule has 0 amide bonds. The minimum atomic E-state index is -0.374. The zero-order valence-electron chi connectivity index (χ0n) is 11.7. The van der Waals surface area contributed by atoms with E-state index in [0.717, 1.165) is 5.56 Å². The third-order valence-corrected chi connectivity index (χ3v) is 3.86. The van der Waals surface area contributed by atoms with Crippen molar-refractivity contribution in [2.45, 2.75) is 0 Å². The van der Waals surface area contributed by atoms with Crippen LogP contribution in [0.4, 0.5) is 17.1 Å². The Hall–Kier alpha value is -2.57. The Bertz CT molecular complexity index is 928. The van der Waals surface area contributed by atoms with Crippen molar-refractivity contribution >= 4 is 40.3 Å². The standard InChI is InChI=1S/C15H11Cl2N5O/c16-11-6-5-10(7-12(11)17)19-21-14-13(20-22-15(14)23)8-1-3-9(18)4-2-8/h1-7H,18H2,(H2,20,22,23). The summed E-state index contributed by atoms with van der Waals surface area (Å²) in [5.41, 5.74) is 7.87. The molecule has 2 aromatic carbocycles. The molecule has 0 atom stereocenters. The smallest absolute Gasteiger partial charge is 0.292 e. The SMILES string of the molecule is Nc1ccc(-c2[nH][nH]c(=O)c2N=Nc2ccc(Cl)c(Cl)c2)cc1. The highest BCUT2D eigenvalue weighted by molar-refractivity contribution is 6.42. The predicted molar refractivity (Wildman–Crippen MR) is 91.9 cm³/mol. The molecule has 4 N–H and O–H groups in total. The lowest BCUT2D eigenvalue weighted by Crippen LogP contribution is -1.96. The summed E-state index contributed by atoms with van der Waals surface area (Å²) in [5, 5.41) is 14.1. The van der Waals surface area contributed by atoms with Crippen molar-refractivity contribution in [3.63, 3.8) is 0 Å². The molecule has 23 heavy (non-hydrogen) atoms. The van der Waals surface area contributed by atoms with Gasteiger partial charge in [-0.3, -0.25) is 15.0 Å². The maximum atomic E-state index is 11.9. The topological polar surface area (TPSA) is 99.4 Å². The Morgan fingerprint density at radius 2 is 1.65 bits per heavy atom. The first kappa shape index (κ1) is 15.3. The van der Waals surface area contributed by atoms with Crippen LogP contribution in [0.1, 0.15) is 0 Å². The molecule has 0 aliphatic rings. The molecule has 0 bridgehead atoms. The predicted octanol–water partition coefficient (Wildman–Crippen LogP) is 4.67. The third kappa shape index (κ3) is 3.28. The zero-order chi connectivity index (χ0) is 16.4. The van der Waals surface area contributed by atoms with Crippen LogP contribution in [0.2, 0.25) is 10.0 Å². The van der Waals surface area contributed by atoms with Gasteiger partial charge in [-0.25, -0.2) is 0 Å². The monoisotopic (exact) mass is 347 g/mol. The maximum absolute atomic E-state index is 11.9. The van der Waals surface area contributed by atoms with Crippen LogP contribution in [0.15, 0.2) is 57.5 Å². The highest BCUT2D eigenvalue weighted by Crippen LogP contribution is 2.29. The van der Waals surface area contributed by atoms with Gasteiger partial charge in [-0.2, -0.15) is 5.11 Å². The molecule has 116 valence electrons. The number of nitrogens with two attached hydrogens (primary N) is 1. The summed E-state index contributed by atoms with van der Waals surface area (Å²) in [6.45, 7) is 0. The number of rotatable bonds is 3. The van der Waals surface area contributed by atoms with E-state index in [1.807, 2.05) is 0 Å². The van der Waals surface area contributed by atoms with Gasteiger partial charge in [-0.1, -0.05) is 35.3 Å². The summed E-state index contributed by atoms with van der Waals surface area (Å²) >= 11 is 11.8. The third-order valence-electron chi connectivity index (χ3n) is 3.12. The molecule has 0 aliphatic carbocycles. The number of H-pyrrole nitrogens is 2. The molecular formula is C15H11Cl2N5O. The highest BCUT2D eigenvalue weighted by Gasteiger charge is 2.11. The van der Waals surface area contributed by atoms with Gasteiger partial charge in [0.05, 0.1) is 21.4 Å². The fourth-order valence-electron chi connectivity index (χ4n) is 1.96. The molecule has 1 heterocycles. The van der Waals surface area contributed by atoms with Crippen molar-refractivity contribution < 1.29 is 0 Å². The summed E-state index contributed by atoms with van der Waals surface area (Å²) in [7, 11) is 0. The van der Waals surface area contributed by atoms with Crippen molar-refractivity contribution in [2.24, 2.45) is 10.2 Å². The van der Waals surface area contributed by atoms with Crippen LogP contribution < -0.4 is 11.3 Å². The summed E-state index contributed by atoms with van der Waals surface area (Å²) in [5.74, 6) is 0. The van der Waals surface area contributed by atoms with Crippen LogP contribution in [-0.4, -0.2) is 10.2 Å². The molecule has 8 heteroatoms. The number of benzene rings is 2. The molecular weight excluding hydrogens is 337 g/mol. The Morgan fingerprint density at radius 3 is 2.35 bits per heavy atom. The number of anilines is 1. The fourth-order valence-corrected chi connectivity index (χ4v) is 2.25. The molecule has 0 radical (unpaired) electrons. The van der Waals surface area contributed by atoms with Gasteiger partial charge in [0.15, 0.2) is 5.69 Å². The summed E-state index contributed by atoms with van der Waals surface area (Å²) in [6.07, 6.45) is 0. The lowest BCUT2D eigenvalue weighted by molar-refractivity contribution is 1.06. The van der Waals surface area contributed by atoms with Crippen LogP contribution in [0, 0.1) is 0 Å². The number of hydrogen-bond acceptors (Lipinski definition) is 4. The molecule has 0 fully saturated rings. The molecule has 0 unspecified atom stereocenters. The summed E-state index contributed by atoms with van der Waals surface area (Å²) in [4.78, 5) is 11.9. The molecule has 0 aliphatic heterocycles. The number of nitrogens with one attached hydrogen (secondary N) is 2. The summed E-state index contributed by atoms with van der Waals surface area (Å²) in [6, 6.07) is 11.9. The van der Waals surface area contributed by atoms with Crippen LogP contribution in [-0.2, 0) is 0 Å². The Labute approximate surface area is 140 Å². The molecule has 3 rings (SSSR count). The maximum Gasteiger partial charge on any atom is 0.292 e. The molecule has 6 nitrogen and oxygen atoms in total. The van der Waals surface area contributed by atoms with Gasteiger partial charge in [0, 0.05) is 11.3 Å². The van der Waals surface area contributed by atoms with Crippen molar-refractivity contribution in [2.75, 3.05) is 5.73 Å². The quantitative estimate of drug-likeness (QED) is 0.473. The average molecular weight is 348 g/mol. The Morgan fingerprint density at radius 1 is 0.913 bits per heavy atom. The van der Waals surface area contributed by atoms with Gasteiger partial charge in [-0.15, -0.1) is 5.11 Å². The van der Waals surface area contributed by atoms with Gasteiger partial charge in [-0.05, 0) is 30.3 Å². The number of halogens is 2. The first-order valence-corrected chi connectivity index (χ1v) is 7.33. The van der Waals surface area contributed by atoms with E-state index < -0.39 is 0 Å². The van der Waals surface area contributed by atoms with Crippen molar-refractivity contribution in [1.82, 2.24) is 10.2 Å². The second kappa shape index (κ2) is 6.28. The van der Waals surface area contributed by atoms with E-state index in [9.17, 15) is 4.79 Å². The van der Waals surface area contributed by atoms with Gasteiger partial charge >= 0.3 is 0 Å². The Balaban J connectivity index is 1.98. The highest BCUT2D eigenvalue weighted by atomic mass is 35.5. The van der Waals surface area contributed by atoms with Crippen LogP contribution in [0.25, 0.3) is 11.3 Å². The lowest BCUT2D eigenvalue weighted by Gasteiger charge is -2.00. The van der Waals surface area contributed by atoms with E-state index in [1.165, 1.54) is 0 Å². The van der Waals surface area contributed by atoms with E-state index in [0.29, 0.717) is 27.1 Å².